The van der Waals surface area contributed by atoms with Crippen LogP contribution in [0.1, 0.15) is 19.8 Å². The smallest absolute Gasteiger partial charge is 0.121 e. The van der Waals surface area contributed by atoms with Gasteiger partial charge in [-0.1, -0.05) is 6.07 Å². The van der Waals surface area contributed by atoms with Crippen LogP contribution in [0.5, 0.6) is 5.75 Å². The van der Waals surface area contributed by atoms with Gasteiger partial charge in [0.2, 0.25) is 0 Å². The maximum atomic E-state index is 10.1. The Hall–Kier alpha value is -1.30. The minimum atomic E-state index is -0.491. The van der Waals surface area contributed by atoms with Gasteiger partial charge in [-0.05, 0) is 31.9 Å². The Labute approximate surface area is 126 Å². The first-order valence-electron chi connectivity index (χ1n) is 7.67. The molecule has 1 aliphatic heterocycles. The van der Waals surface area contributed by atoms with Crippen LogP contribution in [0.2, 0.25) is 0 Å². The van der Waals surface area contributed by atoms with Crippen molar-refractivity contribution in [3.8, 4) is 5.75 Å². The summed E-state index contributed by atoms with van der Waals surface area (Å²) in [5.41, 5.74) is 6.36. The summed E-state index contributed by atoms with van der Waals surface area (Å²) < 4.78 is 11.2. The Bertz CT molecular complexity index is 420. The van der Waals surface area contributed by atoms with Crippen molar-refractivity contribution in [3.63, 3.8) is 0 Å². The van der Waals surface area contributed by atoms with Crippen LogP contribution in [0.15, 0.2) is 24.3 Å². The number of nitrogens with zero attached hydrogens (tertiary/aromatic N) is 1. The molecule has 1 saturated heterocycles. The number of piperidine rings is 1. The van der Waals surface area contributed by atoms with Crippen molar-refractivity contribution in [2.24, 2.45) is 0 Å². The van der Waals surface area contributed by atoms with Gasteiger partial charge in [-0.15, -0.1) is 0 Å². The SMILES string of the molecule is CCOC1CCN(CC(O)COc2cccc(N)c2)CC1. The first-order valence-corrected chi connectivity index (χ1v) is 7.67. The molecule has 1 aromatic carbocycles. The van der Waals surface area contributed by atoms with E-state index in [2.05, 4.69) is 4.90 Å². The molecule has 2 rings (SSSR count). The van der Waals surface area contributed by atoms with Gasteiger partial charge in [0.25, 0.3) is 0 Å². The molecule has 0 radical (unpaired) electrons. The van der Waals surface area contributed by atoms with Crippen LogP contribution in [-0.4, -0.2) is 55.1 Å². The van der Waals surface area contributed by atoms with Crippen molar-refractivity contribution in [2.75, 3.05) is 38.6 Å². The van der Waals surface area contributed by atoms with E-state index in [0.717, 1.165) is 32.5 Å². The van der Waals surface area contributed by atoms with Gasteiger partial charge >= 0.3 is 0 Å². The maximum Gasteiger partial charge on any atom is 0.121 e. The molecule has 1 aromatic rings. The van der Waals surface area contributed by atoms with Gasteiger partial charge < -0.3 is 25.2 Å². The molecule has 0 spiro atoms. The van der Waals surface area contributed by atoms with Crippen molar-refractivity contribution in [1.82, 2.24) is 4.90 Å². The van der Waals surface area contributed by atoms with E-state index in [1.165, 1.54) is 0 Å². The first kappa shape index (κ1) is 16.1. The molecule has 21 heavy (non-hydrogen) atoms. The summed E-state index contributed by atoms with van der Waals surface area (Å²) in [5.74, 6) is 0.698. The number of nitrogens with two attached hydrogens (primary N) is 1. The maximum absolute atomic E-state index is 10.1. The molecule has 3 N–H and O–H groups in total. The third-order valence-electron chi connectivity index (χ3n) is 3.71. The Morgan fingerprint density at radius 2 is 2.14 bits per heavy atom. The summed E-state index contributed by atoms with van der Waals surface area (Å²) >= 11 is 0. The van der Waals surface area contributed by atoms with Crippen LogP contribution in [0.4, 0.5) is 5.69 Å². The second kappa shape index (κ2) is 8.22. The second-order valence-electron chi connectivity index (χ2n) is 5.49. The minimum Gasteiger partial charge on any atom is -0.491 e. The van der Waals surface area contributed by atoms with E-state index in [1.54, 1.807) is 6.07 Å². The molecule has 1 aliphatic rings. The minimum absolute atomic E-state index is 0.287. The van der Waals surface area contributed by atoms with Crippen LogP contribution in [0, 0.1) is 0 Å². The number of benzene rings is 1. The van der Waals surface area contributed by atoms with E-state index in [-0.39, 0.29) is 6.61 Å². The fourth-order valence-corrected chi connectivity index (χ4v) is 2.64. The number of rotatable bonds is 7. The lowest BCUT2D eigenvalue weighted by Gasteiger charge is -2.32. The monoisotopic (exact) mass is 294 g/mol. The summed E-state index contributed by atoms with van der Waals surface area (Å²) in [5, 5.41) is 10.1. The highest BCUT2D eigenvalue weighted by atomic mass is 16.5. The molecule has 1 heterocycles. The lowest BCUT2D eigenvalue weighted by molar-refractivity contribution is -0.00184. The Kier molecular flexibility index (Phi) is 6.29. The van der Waals surface area contributed by atoms with E-state index in [1.807, 2.05) is 25.1 Å². The Balaban J connectivity index is 1.67. The number of anilines is 1. The fourth-order valence-electron chi connectivity index (χ4n) is 2.64. The highest BCUT2D eigenvalue weighted by molar-refractivity contribution is 5.43. The zero-order valence-corrected chi connectivity index (χ0v) is 12.7. The predicted molar refractivity (Wildman–Crippen MR) is 83.4 cm³/mol. The van der Waals surface area contributed by atoms with Crippen molar-refractivity contribution < 1.29 is 14.6 Å². The number of likely N-dealkylation sites (tertiary alicyclic amines) is 1. The van der Waals surface area contributed by atoms with Crippen LogP contribution in [-0.2, 0) is 4.74 Å². The van der Waals surface area contributed by atoms with E-state index >= 15 is 0 Å². The van der Waals surface area contributed by atoms with Crippen molar-refractivity contribution in [1.29, 1.82) is 0 Å². The normalized spacial score (nSPS) is 18.6. The van der Waals surface area contributed by atoms with Crippen molar-refractivity contribution in [2.45, 2.75) is 32.0 Å². The summed E-state index contributed by atoms with van der Waals surface area (Å²) in [4.78, 5) is 2.27. The zero-order chi connectivity index (χ0) is 15.1. The van der Waals surface area contributed by atoms with Gasteiger partial charge in [0.1, 0.15) is 18.5 Å². The molecule has 5 heteroatoms. The number of nitrogen functional groups attached to an aromatic ring is 1. The molecule has 1 fully saturated rings. The molecule has 5 nitrogen and oxygen atoms in total. The third kappa shape index (κ3) is 5.53. The highest BCUT2D eigenvalue weighted by Crippen LogP contribution is 2.16. The molecule has 118 valence electrons. The van der Waals surface area contributed by atoms with Gasteiger partial charge in [0, 0.05) is 38.0 Å². The molecule has 1 atom stereocenters. The topological polar surface area (TPSA) is 68.0 Å². The van der Waals surface area contributed by atoms with Crippen LogP contribution in [0.3, 0.4) is 0 Å². The Morgan fingerprint density at radius 1 is 1.38 bits per heavy atom. The molecule has 1 unspecified atom stereocenters. The lowest BCUT2D eigenvalue weighted by Crippen LogP contribution is -2.42. The summed E-state index contributed by atoms with van der Waals surface area (Å²) in [6.45, 7) is 5.68. The predicted octanol–water partition coefficient (Wildman–Crippen LogP) is 1.51. The number of ether oxygens (including phenoxy) is 2. The van der Waals surface area contributed by atoms with E-state index in [9.17, 15) is 5.11 Å². The summed E-state index contributed by atoms with van der Waals surface area (Å²) in [6, 6.07) is 7.26. The fraction of sp³-hybridized carbons (Fsp3) is 0.625. The van der Waals surface area contributed by atoms with E-state index < -0.39 is 6.10 Å². The summed E-state index contributed by atoms with van der Waals surface area (Å²) in [7, 11) is 0. The average molecular weight is 294 g/mol. The molecule has 0 saturated carbocycles. The molecule has 0 bridgehead atoms. The van der Waals surface area contributed by atoms with E-state index in [4.69, 9.17) is 15.2 Å². The van der Waals surface area contributed by atoms with Crippen LogP contribution in [0.25, 0.3) is 0 Å². The van der Waals surface area contributed by atoms with Gasteiger partial charge in [-0.3, -0.25) is 0 Å². The van der Waals surface area contributed by atoms with Gasteiger partial charge in [0.15, 0.2) is 0 Å². The number of hydrogen-bond acceptors (Lipinski definition) is 5. The molecular formula is C16H26N2O3. The summed E-state index contributed by atoms with van der Waals surface area (Å²) in [6.07, 6.45) is 1.97. The number of aliphatic hydroxyl groups is 1. The standard InChI is InChI=1S/C16H26N2O3/c1-2-20-15-6-8-18(9-7-15)11-14(19)12-21-16-5-3-4-13(17)10-16/h3-5,10,14-15,19H,2,6-9,11-12,17H2,1H3. The molecule has 0 aliphatic carbocycles. The van der Waals surface area contributed by atoms with Gasteiger partial charge in [-0.2, -0.15) is 0 Å². The largest absolute Gasteiger partial charge is 0.491 e. The first-order chi connectivity index (χ1) is 10.2. The molecule has 0 aromatic heterocycles. The van der Waals surface area contributed by atoms with Crippen molar-refractivity contribution in [3.05, 3.63) is 24.3 Å². The van der Waals surface area contributed by atoms with Crippen molar-refractivity contribution >= 4 is 5.69 Å². The number of hydrogen-bond donors (Lipinski definition) is 2. The van der Waals surface area contributed by atoms with Gasteiger partial charge in [0.05, 0.1) is 6.10 Å². The molecular weight excluding hydrogens is 268 g/mol. The average Bonchev–Trinajstić information content (AvgIpc) is 2.48. The van der Waals surface area contributed by atoms with Crippen LogP contribution < -0.4 is 10.5 Å². The van der Waals surface area contributed by atoms with Gasteiger partial charge in [-0.25, -0.2) is 0 Å². The zero-order valence-electron chi connectivity index (χ0n) is 12.7. The highest BCUT2D eigenvalue weighted by Gasteiger charge is 2.21. The second-order valence-corrected chi connectivity index (χ2v) is 5.49. The molecule has 0 amide bonds. The number of aliphatic hydroxyl groups excluding tert-OH is 1. The third-order valence-corrected chi connectivity index (χ3v) is 3.71. The van der Waals surface area contributed by atoms with Crippen LogP contribution >= 0.6 is 0 Å². The number of β-amino-alcohol motifs (C(OH)–C–C–N with tert-alkyl or cyclic N) is 1. The Morgan fingerprint density at radius 3 is 2.81 bits per heavy atom. The quantitative estimate of drug-likeness (QED) is 0.746. The van der Waals surface area contributed by atoms with E-state index in [0.29, 0.717) is 24.1 Å². The lowest BCUT2D eigenvalue weighted by atomic mass is 10.1.